The highest BCUT2D eigenvalue weighted by atomic mass is 32.2. The van der Waals surface area contributed by atoms with Gasteiger partial charge in [0.2, 0.25) is 0 Å². The number of primary sulfonamides is 1. The number of rotatable bonds is 1. The van der Waals surface area contributed by atoms with Crippen LogP contribution < -0.4 is 5.14 Å². The molecule has 2 aromatic heterocycles. The van der Waals surface area contributed by atoms with Gasteiger partial charge in [-0.25, -0.2) is 18.5 Å². The van der Waals surface area contributed by atoms with Gasteiger partial charge in [0.15, 0.2) is 5.65 Å². The molecular formula is C5H5N5O2S. The van der Waals surface area contributed by atoms with Crippen LogP contribution in [0.25, 0.3) is 11.0 Å². The third-order valence-corrected chi connectivity index (χ3v) is 2.13. The number of fused-ring (bicyclic) bond motifs is 1. The van der Waals surface area contributed by atoms with Crippen molar-refractivity contribution >= 4 is 21.1 Å². The number of aromatic amines is 1. The van der Waals surface area contributed by atoms with Crippen molar-refractivity contribution in [1.82, 2.24) is 20.2 Å². The topological polar surface area (TPSA) is 115 Å². The number of hydrogen-bond acceptors (Lipinski definition) is 5. The van der Waals surface area contributed by atoms with Crippen molar-refractivity contribution in [3.05, 3.63) is 12.4 Å². The van der Waals surface area contributed by atoms with Gasteiger partial charge in [-0.15, -0.1) is 0 Å². The molecule has 13 heavy (non-hydrogen) atoms. The standard InChI is InChI=1S/C5H5N5O2S/c6-13(11,12)5-7-1-3-2-8-10-4(3)9-5/h1-2H,(H2,6,11,12)(H,7,8,9,10). The molecule has 0 amide bonds. The van der Waals surface area contributed by atoms with Crippen LogP contribution >= 0.6 is 0 Å². The van der Waals surface area contributed by atoms with E-state index in [1.165, 1.54) is 12.4 Å². The zero-order chi connectivity index (χ0) is 9.47. The third-order valence-electron chi connectivity index (χ3n) is 1.42. The summed E-state index contributed by atoms with van der Waals surface area (Å²) in [5.74, 6) is 0. The highest BCUT2D eigenvalue weighted by molar-refractivity contribution is 7.89. The molecule has 0 saturated heterocycles. The van der Waals surface area contributed by atoms with Gasteiger partial charge in [-0.3, -0.25) is 5.10 Å². The van der Waals surface area contributed by atoms with Crippen molar-refractivity contribution in [1.29, 1.82) is 0 Å². The van der Waals surface area contributed by atoms with Gasteiger partial charge >= 0.3 is 0 Å². The number of H-pyrrole nitrogens is 1. The summed E-state index contributed by atoms with van der Waals surface area (Å²) in [7, 11) is -3.84. The van der Waals surface area contributed by atoms with Gasteiger partial charge in [0.25, 0.3) is 15.2 Å². The third kappa shape index (κ3) is 1.36. The Morgan fingerprint density at radius 3 is 2.85 bits per heavy atom. The van der Waals surface area contributed by atoms with Gasteiger partial charge in [-0.05, 0) is 0 Å². The molecule has 0 unspecified atom stereocenters. The van der Waals surface area contributed by atoms with Crippen LogP contribution in [-0.2, 0) is 10.0 Å². The minimum absolute atomic E-state index is 0.346. The number of nitrogens with zero attached hydrogens (tertiary/aromatic N) is 3. The quantitative estimate of drug-likeness (QED) is 0.571. The SMILES string of the molecule is NS(=O)(=O)c1ncc2cn[nH]c2n1. The molecule has 0 aliphatic carbocycles. The first-order chi connectivity index (χ1) is 6.07. The van der Waals surface area contributed by atoms with E-state index < -0.39 is 15.2 Å². The Hall–Kier alpha value is -1.54. The van der Waals surface area contributed by atoms with E-state index >= 15 is 0 Å². The second-order valence-electron chi connectivity index (χ2n) is 2.37. The molecule has 8 heteroatoms. The summed E-state index contributed by atoms with van der Waals surface area (Å²) in [5, 5.41) is 11.2. The number of hydrogen-bond donors (Lipinski definition) is 2. The summed E-state index contributed by atoms with van der Waals surface area (Å²) in [6, 6.07) is 0. The Kier molecular flexibility index (Phi) is 1.54. The molecule has 0 bridgehead atoms. The maximum Gasteiger partial charge on any atom is 0.273 e. The predicted octanol–water partition coefficient (Wildman–Crippen LogP) is -1.000. The molecule has 0 saturated carbocycles. The Labute approximate surface area is 73.1 Å². The van der Waals surface area contributed by atoms with Crippen molar-refractivity contribution in [3.63, 3.8) is 0 Å². The van der Waals surface area contributed by atoms with Crippen molar-refractivity contribution in [3.8, 4) is 0 Å². The molecule has 0 fully saturated rings. The fourth-order valence-electron chi connectivity index (χ4n) is 0.859. The summed E-state index contributed by atoms with van der Waals surface area (Å²) < 4.78 is 21.6. The lowest BCUT2D eigenvalue weighted by Crippen LogP contribution is -2.15. The Balaban J connectivity index is 2.75. The van der Waals surface area contributed by atoms with Gasteiger partial charge in [0.05, 0.1) is 11.6 Å². The molecular weight excluding hydrogens is 194 g/mol. The predicted molar refractivity (Wildman–Crippen MR) is 43.1 cm³/mol. The summed E-state index contributed by atoms with van der Waals surface area (Å²) in [6.45, 7) is 0. The number of aromatic nitrogens is 4. The highest BCUT2D eigenvalue weighted by Gasteiger charge is 2.12. The average Bonchev–Trinajstić information content (AvgIpc) is 2.47. The summed E-state index contributed by atoms with van der Waals surface area (Å²) >= 11 is 0. The zero-order valence-electron chi connectivity index (χ0n) is 6.30. The smallest absolute Gasteiger partial charge is 0.261 e. The zero-order valence-corrected chi connectivity index (χ0v) is 7.11. The first-order valence-electron chi connectivity index (χ1n) is 3.26. The lowest BCUT2D eigenvalue weighted by atomic mass is 10.5. The van der Waals surface area contributed by atoms with Crippen molar-refractivity contribution < 1.29 is 8.42 Å². The summed E-state index contributed by atoms with van der Waals surface area (Å²) in [5.41, 5.74) is 0.346. The lowest BCUT2D eigenvalue weighted by Gasteiger charge is -1.93. The molecule has 2 rings (SSSR count). The highest BCUT2D eigenvalue weighted by Crippen LogP contribution is 2.07. The van der Waals surface area contributed by atoms with Crippen LogP contribution in [0.2, 0.25) is 0 Å². The van der Waals surface area contributed by atoms with Crippen LogP contribution in [0.4, 0.5) is 0 Å². The van der Waals surface area contributed by atoms with E-state index in [-0.39, 0.29) is 0 Å². The second kappa shape index (κ2) is 2.47. The van der Waals surface area contributed by atoms with Gasteiger partial charge in [-0.1, -0.05) is 0 Å². The molecule has 0 aromatic carbocycles. The van der Waals surface area contributed by atoms with E-state index in [0.717, 1.165) is 0 Å². The molecule has 0 radical (unpaired) electrons. The molecule has 0 aliphatic heterocycles. The number of nitrogens with two attached hydrogens (primary N) is 1. The van der Waals surface area contributed by atoms with Gasteiger partial charge in [0.1, 0.15) is 0 Å². The lowest BCUT2D eigenvalue weighted by molar-refractivity contribution is 0.589. The first kappa shape index (κ1) is 8.08. The van der Waals surface area contributed by atoms with Gasteiger partial charge < -0.3 is 0 Å². The molecule has 68 valence electrons. The van der Waals surface area contributed by atoms with Crippen LogP contribution in [0.15, 0.2) is 17.6 Å². The summed E-state index contributed by atoms with van der Waals surface area (Å²) in [4.78, 5) is 7.23. The van der Waals surface area contributed by atoms with Crippen molar-refractivity contribution in [2.24, 2.45) is 5.14 Å². The van der Waals surface area contributed by atoms with E-state index in [4.69, 9.17) is 5.14 Å². The van der Waals surface area contributed by atoms with Crippen LogP contribution in [0, 0.1) is 0 Å². The van der Waals surface area contributed by atoms with Gasteiger partial charge in [-0.2, -0.15) is 10.1 Å². The molecule has 3 N–H and O–H groups in total. The fraction of sp³-hybridized carbons (Fsp3) is 0. The second-order valence-corrected chi connectivity index (χ2v) is 3.83. The largest absolute Gasteiger partial charge is 0.273 e. The molecule has 0 spiro atoms. The normalized spacial score (nSPS) is 12.1. The van der Waals surface area contributed by atoms with Crippen LogP contribution in [-0.4, -0.2) is 28.6 Å². The fourth-order valence-corrected chi connectivity index (χ4v) is 1.28. The van der Waals surface area contributed by atoms with Crippen molar-refractivity contribution in [2.75, 3.05) is 0 Å². The monoisotopic (exact) mass is 199 g/mol. The minimum atomic E-state index is -3.84. The maximum atomic E-state index is 10.8. The molecule has 2 aromatic rings. The molecule has 7 nitrogen and oxygen atoms in total. The van der Waals surface area contributed by atoms with E-state index in [1.807, 2.05) is 0 Å². The molecule has 0 aliphatic rings. The van der Waals surface area contributed by atoms with E-state index in [9.17, 15) is 8.42 Å². The Bertz CT molecular complexity index is 545. The van der Waals surface area contributed by atoms with E-state index in [0.29, 0.717) is 11.0 Å². The Morgan fingerprint density at radius 1 is 1.38 bits per heavy atom. The van der Waals surface area contributed by atoms with E-state index in [2.05, 4.69) is 20.2 Å². The van der Waals surface area contributed by atoms with E-state index in [1.54, 1.807) is 0 Å². The average molecular weight is 199 g/mol. The Morgan fingerprint density at radius 2 is 2.15 bits per heavy atom. The van der Waals surface area contributed by atoms with Gasteiger partial charge in [0, 0.05) is 6.20 Å². The van der Waals surface area contributed by atoms with Crippen molar-refractivity contribution in [2.45, 2.75) is 5.16 Å². The number of nitrogens with one attached hydrogen (secondary N) is 1. The summed E-state index contributed by atoms with van der Waals surface area (Å²) in [6.07, 6.45) is 2.83. The first-order valence-corrected chi connectivity index (χ1v) is 4.81. The van der Waals surface area contributed by atoms with Crippen LogP contribution in [0.5, 0.6) is 0 Å². The number of sulfonamides is 1. The molecule has 0 atom stereocenters. The van der Waals surface area contributed by atoms with Crippen LogP contribution in [0.3, 0.4) is 0 Å². The molecule has 2 heterocycles. The minimum Gasteiger partial charge on any atom is -0.261 e. The maximum absolute atomic E-state index is 10.8. The van der Waals surface area contributed by atoms with Crippen LogP contribution in [0.1, 0.15) is 0 Å².